The predicted octanol–water partition coefficient (Wildman–Crippen LogP) is 2.56. The van der Waals surface area contributed by atoms with Gasteiger partial charge in [-0.2, -0.15) is 0 Å². The van der Waals surface area contributed by atoms with Crippen LogP contribution in [-0.4, -0.2) is 36.6 Å². The Kier molecular flexibility index (Phi) is 4.86. The number of rotatable bonds is 7. The summed E-state index contributed by atoms with van der Waals surface area (Å²) in [5.41, 5.74) is 0. The van der Waals surface area contributed by atoms with Crippen molar-refractivity contribution in [2.24, 2.45) is 0 Å². The van der Waals surface area contributed by atoms with E-state index in [0.717, 1.165) is 18.6 Å². The van der Waals surface area contributed by atoms with Gasteiger partial charge < -0.3 is 5.32 Å². The van der Waals surface area contributed by atoms with Gasteiger partial charge >= 0.3 is 0 Å². The Morgan fingerprint density at radius 3 is 2.75 bits per heavy atom. The maximum absolute atomic E-state index is 3.85. The molecule has 1 saturated carbocycles. The van der Waals surface area contributed by atoms with E-state index in [9.17, 15) is 0 Å². The lowest BCUT2D eigenvalue weighted by molar-refractivity contribution is 0.272. The third-order valence-electron chi connectivity index (χ3n) is 3.84. The molecule has 0 amide bonds. The Bertz CT molecular complexity index is 205. The third-order valence-corrected chi connectivity index (χ3v) is 3.84. The zero-order valence-corrected chi connectivity index (χ0v) is 10.5. The Morgan fingerprint density at radius 1 is 1.25 bits per heavy atom. The second-order valence-corrected chi connectivity index (χ2v) is 5.30. The van der Waals surface area contributed by atoms with Gasteiger partial charge in [-0.1, -0.05) is 12.5 Å². The SMILES string of the molecule is C=CCN(CCCC1CCCCN1)C1CC1. The van der Waals surface area contributed by atoms with Gasteiger partial charge in [0.1, 0.15) is 0 Å². The smallest absolute Gasteiger partial charge is 0.0163 e. The maximum atomic E-state index is 3.85. The summed E-state index contributed by atoms with van der Waals surface area (Å²) >= 11 is 0. The van der Waals surface area contributed by atoms with Crippen LogP contribution in [0.1, 0.15) is 44.9 Å². The topological polar surface area (TPSA) is 15.3 Å². The first kappa shape index (κ1) is 12.1. The van der Waals surface area contributed by atoms with Crippen LogP contribution in [0.15, 0.2) is 12.7 Å². The summed E-state index contributed by atoms with van der Waals surface area (Å²) in [6.07, 6.45) is 11.8. The van der Waals surface area contributed by atoms with Crippen molar-refractivity contribution in [2.45, 2.75) is 57.0 Å². The second-order valence-electron chi connectivity index (χ2n) is 5.30. The first-order chi connectivity index (χ1) is 7.90. The second kappa shape index (κ2) is 6.41. The Hall–Kier alpha value is -0.340. The average molecular weight is 222 g/mol. The van der Waals surface area contributed by atoms with E-state index in [1.807, 2.05) is 0 Å². The zero-order valence-electron chi connectivity index (χ0n) is 10.5. The number of piperidine rings is 1. The van der Waals surface area contributed by atoms with Crippen molar-refractivity contribution >= 4 is 0 Å². The fourth-order valence-electron chi connectivity index (χ4n) is 2.74. The molecule has 1 aliphatic heterocycles. The molecule has 92 valence electrons. The van der Waals surface area contributed by atoms with Crippen LogP contribution in [0.4, 0.5) is 0 Å². The summed E-state index contributed by atoms with van der Waals surface area (Å²) in [6.45, 7) is 7.45. The van der Waals surface area contributed by atoms with Gasteiger partial charge in [-0.25, -0.2) is 0 Å². The van der Waals surface area contributed by atoms with Crippen molar-refractivity contribution in [1.29, 1.82) is 0 Å². The van der Waals surface area contributed by atoms with Crippen molar-refractivity contribution in [3.63, 3.8) is 0 Å². The summed E-state index contributed by atoms with van der Waals surface area (Å²) in [6, 6.07) is 1.69. The van der Waals surface area contributed by atoms with E-state index in [2.05, 4.69) is 22.9 Å². The molecule has 2 fully saturated rings. The van der Waals surface area contributed by atoms with E-state index >= 15 is 0 Å². The van der Waals surface area contributed by atoms with Gasteiger partial charge in [-0.05, 0) is 51.6 Å². The highest BCUT2D eigenvalue weighted by Crippen LogP contribution is 2.27. The molecule has 2 rings (SSSR count). The molecule has 0 aromatic rings. The Balaban J connectivity index is 1.59. The highest BCUT2D eigenvalue weighted by molar-refractivity contribution is 4.88. The minimum Gasteiger partial charge on any atom is -0.314 e. The van der Waals surface area contributed by atoms with Crippen LogP contribution >= 0.6 is 0 Å². The quantitative estimate of drug-likeness (QED) is 0.666. The first-order valence-electron chi connectivity index (χ1n) is 6.98. The maximum Gasteiger partial charge on any atom is 0.0163 e. The van der Waals surface area contributed by atoms with Crippen LogP contribution in [0.25, 0.3) is 0 Å². The molecule has 1 atom stereocenters. The molecule has 0 bridgehead atoms. The van der Waals surface area contributed by atoms with Gasteiger partial charge in [0.25, 0.3) is 0 Å². The standard InChI is InChI=1S/C14H26N2/c1-2-11-16(14-8-9-14)12-5-7-13-6-3-4-10-15-13/h2,13-15H,1,3-12H2. The van der Waals surface area contributed by atoms with Crippen molar-refractivity contribution in [1.82, 2.24) is 10.2 Å². The molecule has 0 aromatic heterocycles. The zero-order chi connectivity index (χ0) is 11.2. The first-order valence-corrected chi connectivity index (χ1v) is 6.98. The van der Waals surface area contributed by atoms with Gasteiger partial charge in [-0.3, -0.25) is 4.90 Å². The monoisotopic (exact) mass is 222 g/mol. The minimum atomic E-state index is 0.804. The molecule has 1 aliphatic carbocycles. The predicted molar refractivity (Wildman–Crippen MR) is 69.7 cm³/mol. The van der Waals surface area contributed by atoms with E-state index in [0.29, 0.717) is 0 Å². The molecule has 0 spiro atoms. The number of nitrogens with zero attached hydrogens (tertiary/aromatic N) is 1. The van der Waals surface area contributed by atoms with Crippen LogP contribution < -0.4 is 5.32 Å². The molecule has 1 saturated heterocycles. The fourth-order valence-corrected chi connectivity index (χ4v) is 2.74. The number of nitrogens with one attached hydrogen (secondary N) is 1. The Labute approximate surface area is 100 Å². The molecule has 1 unspecified atom stereocenters. The summed E-state index contributed by atoms with van der Waals surface area (Å²) in [4.78, 5) is 2.61. The highest BCUT2D eigenvalue weighted by atomic mass is 15.2. The molecule has 2 nitrogen and oxygen atoms in total. The summed E-state index contributed by atoms with van der Waals surface area (Å²) in [5.74, 6) is 0. The van der Waals surface area contributed by atoms with Crippen LogP contribution in [0.2, 0.25) is 0 Å². The van der Waals surface area contributed by atoms with Crippen molar-refractivity contribution in [3.05, 3.63) is 12.7 Å². The molecular weight excluding hydrogens is 196 g/mol. The van der Waals surface area contributed by atoms with Crippen LogP contribution in [0.5, 0.6) is 0 Å². The molecule has 16 heavy (non-hydrogen) atoms. The van der Waals surface area contributed by atoms with Crippen LogP contribution in [0.3, 0.4) is 0 Å². The lowest BCUT2D eigenvalue weighted by Crippen LogP contribution is -2.35. The summed E-state index contributed by atoms with van der Waals surface area (Å²) < 4.78 is 0. The van der Waals surface area contributed by atoms with E-state index in [1.165, 1.54) is 58.0 Å². The molecule has 2 heteroatoms. The molecular formula is C14H26N2. The number of hydrogen-bond acceptors (Lipinski definition) is 2. The largest absolute Gasteiger partial charge is 0.314 e. The minimum absolute atomic E-state index is 0.804. The fraction of sp³-hybridized carbons (Fsp3) is 0.857. The van der Waals surface area contributed by atoms with Crippen molar-refractivity contribution < 1.29 is 0 Å². The van der Waals surface area contributed by atoms with Gasteiger partial charge in [-0.15, -0.1) is 6.58 Å². The van der Waals surface area contributed by atoms with Gasteiger partial charge in [0.05, 0.1) is 0 Å². The highest BCUT2D eigenvalue weighted by Gasteiger charge is 2.27. The normalized spacial score (nSPS) is 25.9. The van der Waals surface area contributed by atoms with Crippen molar-refractivity contribution in [3.8, 4) is 0 Å². The third kappa shape index (κ3) is 3.91. The Morgan fingerprint density at radius 2 is 2.12 bits per heavy atom. The van der Waals surface area contributed by atoms with E-state index in [4.69, 9.17) is 0 Å². The average Bonchev–Trinajstić information content (AvgIpc) is 3.13. The van der Waals surface area contributed by atoms with Gasteiger partial charge in [0, 0.05) is 18.6 Å². The van der Waals surface area contributed by atoms with Crippen molar-refractivity contribution in [2.75, 3.05) is 19.6 Å². The molecule has 0 radical (unpaired) electrons. The molecule has 2 aliphatic rings. The number of hydrogen-bond donors (Lipinski definition) is 1. The van der Waals surface area contributed by atoms with Gasteiger partial charge in [0.15, 0.2) is 0 Å². The van der Waals surface area contributed by atoms with E-state index in [1.54, 1.807) is 0 Å². The molecule has 1 heterocycles. The summed E-state index contributed by atoms with van der Waals surface area (Å²) in [5, 5.41) is 3.63. The molecule has 1 N–H and O–H groups in total. The van der Waals surface area contributed by atoms with Crippen LogP contribution in [-0.2, 0) is 0 Å². The van der Waals surface area contributed by atoms with E-state index in [-0.39, 0.29) is 0 Å². The van der Waals surface area contributed by atoms with E-state index < -0.39 is 0 Å². The van der Waals surface area contributed by atoms with Gasteiger partial charge in [0.2, 0.25) is 0 Å². The summed E-state index contributed by atoms with van der Waals surface area (Å²) in [7, 11) is 0. The lowest BCUT2D eigenvalue weighted by atomic mass is 10.0. The lowest BCUT2D eigenvalue weighted by Gasteiger charge is -2.25. The molecule has 0 aromatic carbocycles. The van der Waals surface area contributed by atoms with Crippen LogP contribution in [0, 0.1) is 0 Å².